The molecular formula is C13H13FN2O3. The van der Waals surface area contributed by atoms with Crippen LogP contribution in [-0.4, -0.2) is 22.8 Å². The van der Waals surface area contributed by atoms with Crippen molar-refractivity contribution < 1.29 is 18.7 Å². The summed E-state index contributed by atoms with van der Waals surface area (Å²) >= 11 is 0. The lowest BCUT2D eigenvalue weighted by molar-refractivity contribution is 0.0521. The minimum Gasteiger partial charge on any atom is -0.472 e. The van der Waals surface area contributed by atoms with Crippen molar-refractivity contribution in [1.29, 1.82) is 0 Å². The molecule has 1 N–H and O–H groups in total. The highest BCUT2D eigenvalue weighted by Crippen LogP contribution is 2.17. The van der Waals surface area contributed by atoms with E-state index in [0.717, 1.165) is 0 Å². The van der Waals surface area contributed by atoms with Gasteiger partial charge in [-0.3, -0.25) is 0 Å². The third-order valence-corrected chi connectivity index (χ3v) is 2.43. The SMILES string of the molecule is CCOC(=O)c1cn[nH]c1OCc1ccccc1F. The van der Waals surface area contributed by atoms with E-state index in [1.165, 1.54) is 12.3 Å². The monoisotopic (exact) mass is 264 g/mol. The highest BCUT2D eigenvalue weighted by Gasteiger charge is 2.16. The van der Waals surface area contributed by atoms with Gasteiger partial charge in [-0.2, -0.15) is 5.10 Å². The second-order valence-electron chi connectivity index (χ2n) is 3.71. The number of benzene rings is 1. The summed E-state index contributed by atoms with van der Waals surface area (Å²) in [6.07, 6.45) is 1.31. The van der Waals surface area contributed by atoms with E-state index in [1.54, 1.807) is 25.1 Å². The molecule has 0 aliphatic heterocycles. The average molecular weight is 264 g/mol. The van der Waals surface area contributed by atoms with Crippen molar-refractivity contribution in [3.63, 3.8) is 0 Å². The summed E-state index contributed by atoms with van der Waals surface area (Å²) in [6, 6.07) is 6.26. The summed E-state index contributed by atoms with van der Waals surface area (Å²) in [5.74, 6) is -0.721. The highest BCUT2D eigenvalue weighted by atomic mass is 19.1. The zero-order chi connectivity index (χ0) is 13.7. The molecule has 0 aliphatic rings. The van der Waals surface area contributed by atoms with Gasteiger partial charge in [-0.15, -0.1) is 0 Å². The predicted octanol–water partition coefficient (Wildman–Crippen LogP) is 2.30. The first kappa shape index (κ1) is 13.1. The molecule has 5 nitrogen and oxygen atoms in total. The molecule has 0 atom stereocenters. The van der Waals surface area contributed by atoms with Crippen LogP contribution in [0.1, 0.15) is 22.8 Å². The quantitative estimate of drug-likeness (QED) is 0.842. The largest absolute Gasteiger partial charge is 0.472 e. The number of hydrogen-bond donors (Lipinski definition) is 1. The molecule has 2 aromatic rings. The van der Waals surface area contributed by atoms with Crippen molar-refractivity contribution >= 4 is 5.97 Å². The van der Waals surface area contributed by atoms with Crippen LogP contribution in [0, 0.1) is 5.82 Å². The Kier molecular flexibility index (Phi) is 4.12. The lowest BCUT2D eigenvalue weighted by Gasteiger charge is -2.06. The van der Waals surface area contributed by atoms with E-state index < -0.39 is 5.97 Å². The van der Waals surface area contributed by atoms with Crippen molar-refractivity contribution in [2.24, 2.45) is 0 Å². The van der Waals surface area contributed by atoms with Gasteiger partial charge in [0.15, 0.2) is 0 Å². The first-order valence-corrected chi connectivity index (χ1v) is 5.79. The third kappa shape index (κ3) is 3.09. The summed E-state index contributed by atoms with van der Waals surface area (Å²) in [6.45, 7) is 1.97. The number of aromatic amines is 1. The number of carbonyl (C=O) groups is 1. The summed E-state index contributed by atoms with van der Waals surface area (Å²) in [4.78, 5) is 11.6. The molecule has 100 valence electrons. The number of nitrogens with zero attached hydrogens (tertiary/aromatic N) is 1. The van der Waals surface area contributed by atoms with Crippen molar-refractivity contribution in [2.45, 2.75) is 13.5 Å². The third-order valence-electron chi connectivity index (χ3n) is 2.43. The summed E-state index contributed by atoms with van der Waals surface area (Å²) in [5.41, 5.74) is 0.588. The van der Waals surface area contributed by atoms with Crippen LogP contribution < -0.4 is 4.74 Å². The Bertz CT molecular complexity index is 569. The molecule has 19 heavy (non-hydrogen) atoms. The summed E-state index contributed by atoms with van der Waals surface area (Å²) < 4.78 is 23.6. The molecule has 0 saturated heterocycles. The van der Waals surface area contributed by atoms with Crippen LogP contribution in [0.25, 0.3) is 0 Å². The van der Waals surface area contributed by atoms with Crippen molar-refractivity contribution in [3.8, 4) is 5.88 Å². The first-order chi connectivity index (χ1) is 9.22. The number of carbonyl (C=O) groups excluding carboxylic acids is 1. The minimum atomic E-state index is -0.528. The lowest BCUT2D eigenvalue weighted by atomic mass is 10.2. The Labute approximate surface area is 109 Å². The molecule has 0 fully saturated rings. The van der Waals surface area contributed by atoms with Crippen LogP contribution in [0.5, 0.6) is 5.88 Å². The van der Waals surface area contributed by atoms with Crippen LogP contribution in [-0.2, 0) is 11.3 Å². The molecule has 6 heteroatoms. The maximum Gasteiger partial charge on any atom is 0.345 e. The molecule has 0 amide bonds. The van der Waals surface area contributed by atoms with Crippen LogP contribution in [0.2, 0.25) is 0 Å². The van der Waals surface area contributed by atoms with Gasteiger partial charge in [0.1, 0.15) is 18.0 Å². The molecule has 0 saturated carbocycles. The summed E-state index contributed by atoms with van der Waals surface area (Å²) in [5, 5.41) is 6.25. The number of nitrogens with one attached hydrogen (secondary N) is 1. The van der Waals surface area contributed by atoms with Gasteiger partial charge in [0.05, 0.1) is 12.8 Å². The highest BCUT2D eigenvalue weighted by molar-refractivity contribution is 5.91. The lowest BCUT2D eigenvalue weighted by Crippen LogP contribution is -2.07. The van der Waals surface area contributed by atoms with E-state index in [-0.39, 0.29) is 30.5 Å². The van der Waals surface area contributed by atoms with E-state index in [1.807, 2.05) is 0 Å². The van der Waals surface area contributed by atoms with E-state index in [9.17, 15) is 9.18 Å². The van der Waals surface area contributed by atoms with Gasteiger partial charge in [0, 0.05) is 5.56 Å². The molecule has 1 aromatic heterocycles. The van der Waals surface area contributed by atoms with E-state index in [2.05, 4.69) is 10.2 Å². The van der Waals surface area contributed by atoms with Crippen molar-refractivity contribution in [2.75, 3.05) is 6.61 Å². The number of aromatic nitrogens is 2. The van der Waals surface area contributed by atoms with Gasteiger partial charge < -0.3 is 9.47 Å². The van der Waals surface area contributed by atoms with Crippen molar-refractivity contribution in [1.82, 2.24) is 10.2 Å². The molecule has 2 rings (SSSR count). The van der Waals surface area contributed by atoms with Gasteiger partial charge >= 0.3 is 5.97 Å². The molecule has 0 radical (unpaired) electrons. The summed E-state index contributed by atoms with van der Waals surface area (Å²) in [7, 11) is 0. The van der Waals surface area contributed by atoms with Gasteiger partial charge in [0.2, 0.25) is 5.88 Å². The second kappa shape index (κ2) is 5.99. The number of esters is 1. The molecule has 0 spiro atoms. The molecule has 0 aliphatic carbocycles. The number of halogens is 1. The fraction of sp³-hybridized carbons (Fsp3) is 0.231. The zero-order valence-electron chi connectivity index (χ0n) is 10.4. The van der Waals surface area contributed by atoms with Crippen LogP contribution in [0.15, 0.2) is 30.5 Å². The number of rotatable bonds is 5. The normalized spacial score (nSPS) is 10.2. The predicted molar refractivity (Wildman–Crippen MR) is 65.3 cm³/mol. The minimum absolute atomic E-state index is 0.00126. The Hall–Kier alpha value is -2.37. The molecular weight excluding hydrogens is 251 g/mol. The second-order valence-corrected chi connectivity index (χ2v) is 3.71. The van der Waals surface area contributed by atoms with Gasteiger partial charge in [-0.25, -0.2) is 14.3 Å². The fourth-order valence-corrected chi connectivity index (χ4v) is 1.50. The van der Waals surface area contributed by atoms with Crippen LogP contribution >= 0.6 is 0 Å². The Balaban J connectivity index is 2.06. The standard InChI is InChI=1S/C13H13FN2O3/c1-2-18-13(17)10-7-15-16-12(10)19-8-9-5-3-4-6-11(9)14/h3-7H,2,8H2,1H3,(H,15,16). The maximum absolute atomic E-state index is 13.4. The van der Waals surface area contributed by atoms with E-state index in [4.69, 9.17) is 9.47 Å². The smallest absolute Gasteiger partial charge is 0.345 e. The Morgan fingerprint density at radius 2 is 2.21 bits per heavy atom. The molecule has 1 aromatic carbocycles. The number of ether oxygens (including phenoxy) is 2. The topological polar surface area (TPSA) is 64.2 Å². The fourth-order valence-electron chi connectivity index (χ4n) is 1.50. The molecule has 0 unspecified atom stereocenters. The van der Waals surface area contributed by atoms with E-state index in [0.29, 0.717) is 5.56 Å². The van der Waals surface area contributed by atoms with Crippen LogP contribution in [0.3, 0.4) is 0 Å². The van der Waals surface area contributed by atoms with Gasteiger partial charge in [0.25, 0.3) is 0 Å². The number of hydrogen-bond acceptors (Lipinski definition) is 4. The Morgan fingerprint density at radius 3 is 2.95 bits per heavy atom. The van der Waals surface area contributed by atoms with E-state index >= 15 is 0 Å². The zero-order valence-corrected chi connectivity index (χ0v) is 10.4. The number of H-pyrrole nitrogens is 1. The molecule has 1 heterocycles. The maximum atomic E-state index is 13.4. The van der Waals surface area contributed by atoms with Gasteiger partial charge in [-0.05, 0) is 13.0 Å². The molecule has 0 bridgehead atoms. The average Bonchev–Trinajstić information content (AvgIpc) is 2.86. The van der Waals surface area contributed by atoms with Crippen LogP contribution in [0.4, 0.5) is 4.39 Å². The first-order valence-electron chi connectivity index (χ1n) is 5.79. The van der Waals surface area contributed by atoms with Crippen molar-refractivity contribution in [3.05, 3.63) is 47.4 Å². The van der Waals surface area contributed by atoms with Gasteiger partial charge in [-0.1, -0.05) is 18.2 Å². The Morgan fingerprint density at radius 1 is 1.42 bits per heavy atom.